The molecule has 0 saturated carbocycles. The van der Waals surface area contributed by atoms with Gasteiger partial charge in [-0.3, -0.25) is 9.59 Å². The molecule has 0 aromatic heterocycles. The van der Waals surface area contributed by atoms with E-state index in [0.29, 0.717) is 22.0 Å². The van der Waals surface area contributed by atoms with Crippen LogP contribution in [0.5, 0.6) is 5.75 Å². The number of hydrogen-bond acceptors (Lipinski definition) is 3. The highest BCUT2D eigenvalue weighted by atomic mass is 35.5. The van der Waals surface area contributed by atoms with Crippen molar-refractivity contribution in [2.24, 2.45) is 0 Å². The zero-order valence-electron chi connectivity index (χ0n) is 17.6. The lowest BCUT2D eigenvalue weighted by Gasteiger charge is -2.14. The van der Waals surface area contributed by atoms with Gasteiger partial charge in [0.05, 0.1) is 0 Å². The van der Waals surface area contributed by atoms with E-state index in [9.17, 15) is 9.59 Å². The molecule has 0 heterocycles. The Morgan fingerprint density at radius 3 is 2.03 bits per heavy atom. The van der Waals surface area contributed by atoms with Gasteiger partial charge in [0, 0.05) is 22.0 Å². The number of aryl methyl sites for hydroxylation is 2. The molecular weight excluding hydrogens is 412 g/mol. The molecule has 5 nitrogen and oxygen atoms in total. The van der Waals surface area contributed by atoms with Crippen LogP contribution in [0.3, 0.4) is 0 Å². The van der Waals surface area contributed by atoms with Crippen molar-refractivity contribution in [2.45, 2.75) is 26.7 Å². The number of rotatable bonds is 8. The van der Waals surface area contributed by atoms with Gasteiger partial charge in [0.2, 0.25) is 0 Å². The van der Waals surface area contributed by atoms with Crippen LogP contribution in [-0.2, 0) is 17.6 Å². The van der Waals surface area contributed by atoms with Gasteiger partial charge in [-0.1, -0.05) is 43.6 Å². The maximum Gasteiger partial charge on any atom is 0.262 e. The average Bonchev–Trinajstić information content (AvgIpc) is 2.79. The Morgan fingerprint density at radius 2 is 1.45 bits per heavy atom. The highest BCUT2D eigenvalue weighted by Crippen LogP contribution is 2.23. The number of benzene rings is 3. The number of carbonyl (C=O) groups excluding carboxylic acids is 2. The Labute approximate surface area is 187 Å². The highest BCUT2D eigenvalue weighted by molar-refractivity contribution is 6.30. The number of halogens is 1. The Morgan fingerprint density at radius 1 is 0.839 bits per heavy atom. The van der Waals surface area contributed by atoms with Gasteiger partial charge in [0.15, 0.2) is 6.61 Å². The van der Waals surface area contributed by atoms with Crippen LogP contribution in [0.2, 0.25) is 5.02 Å². The van der Waals surface area contributed by atoms with Crippen molar-refractivity contribution in [2.75, 3.05) is 17.2 Å². The predicted molar refractivity (Wildman–Crippen MR) is 125 cm³/mol. The summed E-state index contributed by atoms with van der Waals surface area (Å²) in [6.45, 7) is 4.01. The fourth-order valence-electron chi connectivity index (χ4n) is 3.17. The molecule has 0 fully saturated rings. The summed E-state index contributed by atoms with van der Waals surface area (Å²) in [7, 11) is 0. The molecule has 3 aromatic rings. The van der Waals surface area contributed by atoms with Crippen LogP contribution in [0.1, 0.15) is 35.3 Å². The van der Waals surface area contributed by atoms with Crippen LogP contribution in [-0.4, -0.2) is 18.4 Å². The number of ether oxygens (including phenoxy) is 1. The average molecular weight is 437 g/mol. The molecule has 2 N–H and O–H groups in total. The second kappa shape index (κ2) is 10.6. The third kappa shape index (κ3) is 6.09. The second-order valence-electron chi connectivity index (χ2n) is 6.98. The molecule has 2 amide bonds. The van der Waals surface area contributed by atoms with Gasteiger partial charge in [-0.15, -0.1) is 0 Å². The molecule has 0 bridgehead atoms. The standard InChI is InChI=1S/C25H25ClN2O3/c1-3-17-6-5-7-18(4-2)24(17)28-23(29)16-31-22-14-8-19(9-15-22)25(30)27-21-12-10-20(26)11-13-21/h5-15H,3-4,16H2,1-2H3,(H,27,30)(H,28,29). The van der Waals surface area contributed by atoms with Crippen molar-refractivity contribution in [3.8, 4) is 5.75 Å². The molecule has 160 valence electrons. The van der Waals surface area contributed by atoms with E-state index in [1.807, 2.05) is 18.2 Å². The predicted octanol–water partition coefficient (Wildman–Crippen LogP) is 5.73. The molecule has 0 unspecified atom stereocenters. The summed E-state index contributed by atoms with van der Waals surface area (Å²) >= 11 is 5.85. The molecule has 3 aromatic carbocycles. The van der Waals surface area contributed by atoms with Crippen LogP contribution in [0.25, 0.3) is 0 Å². The molecule has 0 spiro atoms. The van der Waals surface area contributed by atoms with Gasteiger partial charge in [-0.05, 0) is 72.5 Å². The van der Waals surface area contributed by atoms with Crippen LogP contribution in [0.15, 0.2) is 66.7 Å². The first-order chi connectivity index (χ1) is 15.0. The van der Waals surface area contributed by atoms with Gasteiger partial charge >= 0.3 is 0 Å². The summed E-state index contributed by atoms with van der Waals surface area (Å²) in [6.07, 6.45) is 1.67. The minimum absolute atomic E-state index is 0.114. The van der Waals surface area contributed by atoms with Crippen molar-refractivity contribution in [3.05, 3.63) is 88.4 Å². The number of carbonyl (C=O) groups is 2. The van der Waals surface area contributed by atoms with Crippen LogP contribution >= 0.6 is 11.6 Å². The van der Waals surface area contributed by atoms with E-state index in [4.69, 9.17) is 16.3 Å². The van der Waals surface area contributed by atoms with Crippen molar-refractivity contribution in [1.29, 1.82) is 0 Å². The summed E-state index contributed by atoms with van der Waals surface area (Å²) in [5, 5.41) is 6.38. The molecular formula is C25H25ClN2O3. The van der Waals surface area contributed by atoms with Gasteiger partial charge < -0.3 is 15.4 Å². The van der Waals surface area contributed by atoms with E-state index in [-0.39, 0.29) is 18.4 Å². The van der Waals surface area contributed by atoms with E-state index in [0.717, 1.165) is 29.7 Å². The Balaban J connectivity index is 1.56. The van der Waals surface area contributed by atoms with Crippen LogP contribution in [0, 0.1) is 0 Å². The lowest BCUT2D eigenvalue weighted by molar-refractivity contribution is -0.118. The van der Waals surface area contributed by atoms with E-state index >= 15 is 0 Å². The third-order valence-corrected chi connectivity index (χ3v) is 5.10. The SMILES string of the molecule is CCc1cccc(CC)c1NC(=O)COc1ccc(C(=O)Nc2ccc(Cl)cc2)cc1. The molecule has 0 aliphatic rings. The molecule has 0 radical (unpaired) electrons. The van der Waals surface area contributed by atoms with Crippen LogP contribution in [0.4, 0.5) is 11.4 Å². The fraction of sp³-hybridized carbons (Fsp3) is 0.200. The zero-order valence-corrected chi connectivity index (χ0v) is 18.3. The van der Waals surface area contributed by atoms with E-state index < -0.39 is 0 Å². The van der Waals surface area contributed by atoms with E-state index in [1.54, 1.807) is 48.5 Å². The van der Waals surface area contributed by atoms with Crippen molar-refractivity contribution in [3.63, 3.8) is 0 Å². The van der Waals surface area contributed by atoms with Gasteiger partial charge in [0.25, 0.3) is 11.8 Å². The summed E-state index contributed by atoms with van der Waals surface area (Å²) in [5.41, 5.74) is 4.21. The van der Waals surface area contributed by atoms with Gasteiger partial charge in [-0.25, -0.2) is 0 Å². The molecule has 0 aliphatic carbocycles. The van der Waals surface area contributed by atoms with Crippen molar-refractivity contribution < 1.29 is 14.3 Å². The first-order valence-electron chi connectivity index (χ1n) is 10.2. The lowest BCUT2D eigenvalue weighted by atomic mass is 10.0. The smallest absolute Gasteiger partial charge is 0.262 e. The molecule has 0 saturated heterocycles. The molecule has 6 heteroatoms. The number of anilines is 2. The topological polar surface area (TPSA) is 67.4 Å². The molecule has 0 atom stereocenters. The number of hydrogen-bond donors (Lipinski definition) is 2. The van der Waals surface area contributed by atoms with Gasteiger partial charge in [-0.2, -0.15) is 0 Å². The Bertz CT molecular complexity index is 1030. The Kier molecular flexibility index (Phi) is 7.68. The summed E-state index contributed by atoms with van der Waals surface area (Å²) in [4.78, 5) is 24.8. The summed E-state index contributed by atoms with van der Waals surface area (Å²) < 4.78 is 5.59. The second-order valence-corrected chi connectivity index (χ2v) is 7.42. The number of para-hydroxylation sites is 1. The van der Waals surface area contributed by atoms with Crippen LogP contribution < -0.4 is 15.4 Å². The van der Waals surface area contributed by atoms with E-state index in [1.165, 1.54) is 0 Å². The number of amides is 2. The van der Waals surface area contributed by atoms with Crippen molar-refractivity contribution >= 4 is 34.8 Å². The summed E-state index contributed by atoms with van der Waals surface area (Å²) in [5.74, 6) is 0.0488. The lowest BCUT2D eigenvalue weighted by Crippen LogP contribution is -2.21. The van der Waals surface area contributed by atoms with E-state index in [2.05, 4.69) is 24.5 Å². The summed E-state index contributed by atoms with van der Waals surface area (Å²) in [6, 6.07) is 19.6. The monoisotopic (exact) mass is 436 g/mol. The zero-order chi connectivity index (χ0) is 22.2. The molecule has 31 heavy (non-hydrogen) atoms. The minimum atomic E-state index is -0.241. The maximum absolute atomic E-state index is 12.4. The highest BCUT2D eigenvalue weighted by Gasteiger charge is 2.11. The fourth-order valence-corrected chi connectivity index (χ4v) is 3.29. The first kappa shape index (κ1) is 22.4. The maximum atomic E-state index is 12.4. The third-order valence-electron chi connectivity index (χ3n) is 4.85. The first-order valence-corrected chi connectivity index (χ1v) is 10.6. The Hall–Kier alpha value is -3.31. The molecule has 3 rings (SSSR count). The quantitative estimate of drug-likeness (QED) is 0.473. The minimum Gasteiger partial charge on any atom is -0.484 e. The number of nitrogens with one attached hydrogen (secondary N) is 2. The normalized spacial score (nSPS) is 10.4. The largest absolute Gasteiger partial charge is 0.484 e. The van der Waals surface area contributed by atoms with Crippen molar-refractivity contribution in [1.82, 2.24) is 0 Å². The molecule has 0 aliphatic heterocycles. The van der Waals surface area contributed by atoms with Gasteiger partial charge in [0.1, 0.15) is 5.75 Å².